The summed E-state index contributed by atoms with van der Waals surface area (Å²) in [7, 11) is -4.49. The SMILES string of the molecule is O=P(O)(O)CC1=CC=S(c2ccccc2)N1c1ccccc1. The predicted octanol–water partition coefficient (Wildman–Crippen LogP) is 3.61. The molecule has 3 rings (SSSR count). The lowest BCUT2D eigenvalue weighted by Crippen LogP contribution is -2.16. The number of hydrogen-bond donors (Lipinski definition) is 2. The van der Waals surface area contributed by atoms with Crippen LogP contribution in [-0.2, 0) is 4.57 Å². The Hall–Kier alpha value is -1.65. The van der Waals surface area contributed by atoms with Crippen molar-refractivity contribution in [3.63, 3.8) is 0 Å². The lowest BCUT2D eigenvalue weighted by molar-refractivity contribution is 0.376. The van der Waals surface area contributed by atoms with E-state index in [1.165, 1.54) is 0 Å². The molecule has 1 unspecified atom stereocenters. The lowest BCUT2D eigenvalue weighted by atomic mass is 10.3. The van der Waals surface area contributed by atoms with Gasteiger partial charge < -0.3 is 9.79 Å². The Kier molecular flexibility index (Phi) is 4.32. The summed E-state index contributed by atoms with van der Waals surface area (Å²) >= 11 is 0. The van der Waals surface area contributed by atoms with Crippen LogP contribution in [0.5, 0.6) is 0 Å². The van der Waals surface area contributed by atoms with Crippen molar-refractivity contribution in [1.82, 2.24) is 0 Å². The second-order valence-corrected chi connectivity index (χ2v) is 8.26. The number of hydrogen-bond acceptors (Lipinski definition) is 2. The summed E-state index contributed by atoms with van der Waals surface area (Å²) in [6, 6.07) is 19.7. The number of para-hydroxylation sites is 1. The summed E-state index contributed by atoms with van der Waals surface area (Å²) in [5.41, 5.74) is 1.58. The molecule has 114 valence electrons. The summed E-state index contributed by atoms with van der Waals surface area (Å²) in [5.74, 6) is 0. The van der Waals surface area contributed by atoms with Crippen molar-refractivity contribution < 1.29 is 14.4 Å². The molecule has 1 heterocycles. The number of rotatable bonds is 4. The Balaban J connectivity index is 2.01. The van der Waals surface area contributed by atoms with Crippen LogP contribution in [0.3, 0.4) is 0 Å². The predicted molar refractivity (Wildman–Crippen MR) is 92.3 cm³/mol. The maximum atomic E-state index is 11.4. The van der Waals surface area contributed by atoms with Crippen LogP contribution >= 0.6 is 18.3 Å². The zero-order valence-electron chi connectivity index (χ0n) is 11.7. The standard InChI is InChI=1S/C16H16NO3PS/c18-21(19,20)13-15-11-12-22(16-9-5-2-6-10-16)17(15)14-7-3-1-4-8-14/h1-12H,13H2,(H2,18,19,20). The number of benzene rings is 2. The molecule has 0 aliphatic carbocycles. The molecule has 2 aromatic rings. The first-order valence-electron chi connectivity index (χ1n) is 6.77. The molecule has 0 radical (unpaired) electrons. The molecule has 1 aliphatic rings. The average Bonchev–Trinajstić information content (AvgIpc) is 2.90. The van der Waals surface area contributed by atoms with Crippen LogP contribution in [0.4, 0.5) is 5.69 Å². The van der Waals surface area contributed by atoms with E-state index in [4.69, 9.17) is 0 Å². The smallest absolute Gasteiger partial charge is 0.324 e. The topological polar surface area (TPSA) is 60.8 Å². The Morgan fingerprint density at radius 3 is 2.14 bits per heavy atom. The third-order valence-electron chi connectivity index (χ3n) is 3.19. The monoisotopic (exact) mass is 333 g/mol. The van der Waals surface area contributed by atoms with E-state index >= 15 is 0 Å². The summed E-state index contributed by atoms with van der Waals surface area (Å²) < 4.78 is 13.4. The summed E-state index contributed by atoms with van der Waals surface area (Å²) in [5, 5.41) is 2.01. The Labute approximate surface area is 131 Å². The minimum Gasteiger partial charge on any atom is -0.324 e. The van der Waals surface area contributed by atoms with Gasteiger partial charge >= 0.3 is 7.60 Å². The summed E-state index contributed by atoms with van der Waals surface area (Å²) in [6.45, 7) is 0. The second-order valence-electron chi connectivity index (χ2n) is 4.87. The summed E-state index contributed by atoms with van der Waals surface area (Å²) in [4.78, 5) is 19.8. The van der Waals surface area contributed by atoms with Crippen LogP contribution in [0.25, 0.3) is 0 Å². The van der Waals surface area contributed by atoms with E-state index in [2.05, 4.69) is 0 Å². The number of anilines is 1. The van der Waals surface area contributed by atoms with Gasteiger partial charge in [-0.15, -0.1) is 0 Å². The van der Waals surface area contributed by atoms with Gasteiger partial charge in [-0.1, -0.05) is 47.1 Å². The van der Waals surface area contributed by atoms with Gasteiger partial charge in [-0.05, 0) is 35.7 Å². The zero-order chi connectivity index (χ0) is 15.6. The zero-order valence-corrected chi connectivity index (χ0v) is 13.5. The molecule has 0 spiro atoms. The van der Waals surface area contributed by atoms with Gasteiger partial charge in [-0.2, -0.15) is 0 Å². The van der Waals surface area contributed by atoms with Crippen molar-refractivity contribution in [2.24, 2.45) is 0 Å². The highest BCUT2D eigenvalue weighted by atomic mass is 32.2. The van der Waals surface area contributed by atoms with E-state index in [1.807, 2.05) is 76.4 Å². The molecule has 22 heavy (non-hydrogen) atoms. The number of nitrogens with zero attached hydrogens (tertiary/aromatic N) is 1. The Morgan fingerprint density at radius 1 is 0.955 bits per heavy atom. The largest absolute Gasteiger partial charge is 0.331 e. The molecular formula is C16H16NO3PS. The molecule has 1 atom stereocenters. The first kappa shape index (κ1) is 15.3. The van der Waals surface area contributed by atoms with Crippen molar-refractivity contribution in [3.05, 3.63) is 72.4 Å². The van der Waals surface area contributed by atoms with Crippen molar-refractivity contribution in [3.8, 4) is 0 Å². The molecule has 0 aromatic heterocycles. The van der Waals surface area contributed by atoms with Crippen LogP contribution in [0.15, 0.2) is 77.3 Å². The maximum Gasteiger partial charge on any atom is 0.331 e. The van der Waals surface area contributed by atoms with E-state index in [-0.39, 0.29) is 16.8 Å². The highest BCUT2D eigenvalue weighted by Gasteiger charge is 2.26. The summed E-state index contributed by atoms with van der Waals surface area (Å²) in [6.07, 6.45) is 1.57. The Bertz CT molecular complexity index is 768. The van der Waals surface area contributed by atoms with Crippen molar-refractivity contribution in [1.29, 1.82) is 0 Å². The fourth-order valence-electron chi connectivity index (χ4n) is 2.31. The van der Waals surface area contributed by atoms with E-state index in [1.54, 1.807) is 0 Å². The highest BCUT2D eigenvalue weighted by Crippen LogP contribution is 2.46. The number of allylic oxidation sites excluding steroid dienone is 2. The first-order valence-corrected chi connectivity index (χ1v) is 9.81. The molecular weight excluding hydrogens is 317 g/mol. The van der Waals surface area contributed by atoms with Crippen molar-refractivity contribution in [2.75, 3.05) is 10.5 Å². The van der Waals surface area contributed by atoms with Crippen molar-refractivity contribution in [2.45, 2.75) is 4.90 Å². The molecule has 0 bridgehead atoms. The quantitative estimate of drug-likeness (QED) is 0.663. The van der Waals surface area contributed by atoms with Gasteiger partial charge in [0.25, 0.3) is 0 Å². The van der Waals surface area contributed by atoms with Gasteiger partial charge in [0.15, 0.2) is 0 Å². The third-order valence-corrected chi connectivity index (χ3v) is 5.91. The molecule has 0 saturated heterocycles. The van der Waals surface area contributed by atoms with Crippen LogP contribution in [-0.4, -0.2) is 21.3 Å². The normalized spacial score (nSPS) is 18.0. The molecule has 2 aromatic carbocycles. The van der Waals surface area contributed by atoms with Gasteiger partial charge in [0.05, 0.1) is 11.8 Å². The van der Waals surface area contributed by atoms with Crippen LogP contribution in [0.1, 0.15) is 0 Å². The minimum absolute atomic E-state index is 0.255. The molecule has 1 aliphatic heterocycles. The molecule has 0 saturated carbocycles. The van der Waals surface area contributed by atoms with E-state index < -0.39 is 7.60 Å². The van der Waals surface area contributed by atoms with Crippen LogP contribution in [0, 0.1) is 0 Å². The van der Waals surface area contributed by atoms with E-state index in [0.29, 0.717) is 5.70 Å². The molecule has 0 fully saturated rings. The highest BCUT2D eigenvalue weighted by molar-refractivity contribution is 8.16. The lowest BCUT2D eigenvalue weighted by Gasteiger charge is -2.27. The molecule has 2 N–H and O–H groups in total. The Morgan fingerprint density at radius 2 is 1.55 bits per heavy atom. The average molecular weight is 333 g/mol. The van der Waals surface area contributed by atoms with Gasteiger partial charge in [-0.25, -0.2) is 0 Å². The van der Waals surface area contributed by atoms with Gasteiger partial charge in [-0.3, -0.25) is 8.87 Å². The maximum absolute atomic E-state index is 11.4. The third kappa shape index (κ3) is 3.39. The fourth-order valence-corrected chi connectivity index (χ4v) is 5.02. The first-order chi connectivity index (χ1) is 10.5. The molecule has 6 heteroatoms. The molecule has 4 nitrogen and oxygen atoms in total. The van der Waals surface area contributed by atoms with Crippen molar-refractivity contribution >= 4 is 29.3 Å². The van der Waals surface area contributed by atoms with E-state index in [9.17, 15) is 14.4 Å². The second kappa shape index (κ2) is 6.23. The van der Waals surface area contributed by atoms with Gasteiger partial charge in [0.1, 0.15) is 0 Å². The van der Waals surface area contributed by atoms with Crippen LogP contribution in [0.2, 0.25) is 0 Å². The fraction of sp³-hybridized carbons (Fsp3) is 0.0625. The molecule has 0 amide bonds. The van der Waals surface area contributed by atoms with Gasteiger partial charge in [0.2, 0.25) is 0 Å². The van der Waals surface area contributed by atoms with Crippen LogP contribution < -0.4 is 4.31 Å². The van der Waals surface area contributed by atoms with Gasteiger partial charge in [0, 0.05) is 10.6 Å². The minimum atomic E-state index is -4.12. The van der Waals surface area contributed by atoms with E-state index in [0.717, 1.165) is 10.6 Å².